The van der Waals surface area contributed by atoms with Crippen LogP contribution in [0.5, 0.6) is 11.5 Å². The highest BCUT2D eigenvalue weighted by molar-refractivity contribution is 5.92. The zero-order chi connectivity index (χ0) is 19.6. The molecule has 6 heteroatoms. The van der Waals surface area contributed by atoms with Crippen LogP contribution < -0.4 is 20.5 Å². The molecule has 0 amide bonds. The van der Waals surface area contributed by atoms with Crippen LogP contribution in [0.15, 0.2) is 54.0 Å². The number of guanidine groups is 1. The van der Waals surface area contributed by atoms with Crippen molar-refractivity contribution in [3.05, 3.63) is 65.7 Å². The molecular formula is C21H27N3O3. The highest BCUT2D eigenvalue weighted by Crippen LogP contribution is 2.33. The molecule has 0 aromatic heterocycles. The SMILES string of the molecule is C=CCc1cc(CN=C(N)Nc2ccccc2COC)cc(OC)c1OC. The maximum atomic E-state index is 6.07. The third-order valence-electron chi connectivity index (χ3n) is 3.99. The second-order valence-corrected chi connectivity index (χ2v) is 5.90. The summed E-state index contributed by atoms with van der Waals surface area (Å²) in [5.41, 5.74) is 9.92. The van der Waals surface area contributed by atoms with Gasteiger partial charge in [0.15, 0.2) is 17.5 Å². The predicted octanol–water partition coefficient (Wildman–Crippen LogP) is 3.51. The Morgan fingerprint density at radius 2 is 1.93 bits per heavy atom. The molecule has 2 rings (SSSR count). The quantitative estimate of drug-likeness (QED) is 0.402. The number of methoxy groups -OCH3 is 3. The van der Waals surface area contributed by atoms with E-state index in [0.717, 1.165) is 22.4 Å². The summed E-state index contributed by atoms with van der Waals surface area (Å²) in [6.07, 6.45) is 2.50. The van der Waals surface area contributed by atoms with Crippen molar-refractivity contribution in [1.29, 1.82) is 0 Å². The molecule has 6 nitrogen and oxygen atoms in total. The van der Waals surface area contributed by atoms with Gasteiger partial charge in [-0.1, -0.05) is 24.3 Å². The Morgan fingerprint density at radius 1 is 1.15 bits per heavy atom. The minimum Gasteiger partial charge on any atom is -0.493 e. The van der Waals surface area contributed by atoms with Crippen LogP contribution >= 0.6 is 0 Å². The van der Waals surface area contributed by atoms with E-state index in [1.54, 1.807) is 21.3 Å². The summed E-state index contributed by atoms with van der Waals surface area (Å²) in [5, 5.41) is 3.13. The van der Waals surface area contributed by atoms with E-state index < -0.39 is 0 Å². The highest BCUT2D eigenvalue weighted by Gasteiger charge is 2.11. The van der Waals surface area contributed by atoms with Crippen molar-refractivity contribution >= 4 is 11.6 Å². The fourth-order valence-corrected chi connectivity index (χ4v) is 2.78. The smallest absolute Gasteiger partial charge is 0.193 e. The molecule has 0 bridgehead atoms. The summed E-state index contributed by atoms with van der Waals surface area (Å²) >= 11 is 0. The molecule has 0 aliphatic carbocycles. The summed E-state index contributed by atoms with van der Waals surface area (Å²) < 4.78 is 16.1. The fraction of sp³-hybridized carbons (Fsp3) is 0.286. The lowest BCUT2D eigenvalue weighted by molar-refractivity contribution is 0.185. The van der Waals surface area contributed by atoms with Crippen molar-refractivity contribution in [2.24, 2.45) is 10.7 Å². The zero-order valence-electron chi connectivity index (χ0n) is 16.1. The molecule has 0 atom stereocenters. The molecule has 2 aromatic rings. The number of rotatable bonds is 9. The molecule has 0 fully saturated rings. The third-order valence-corrected chi connectivity index (χ3v) is 3.99. The van der Waals surface area contributed by atoms with Gasteiger partial charge in [0, 0.05) is 23.9 Å². The van der Waals surface area contributed by atoms with Crippen LogP contribution in [0.25, 0.3) is 0 Å². The average Bonchev–Trinajstić information content (AvgIpc) is 2.68. The first kappa shape index (κ1) is 20.3. The Kier molecular flexibility index (Phi) is 7.70. The molecule has 2 aromatic carbocycles. The maximum Gasteiger partial charge on any atom is 0.193 e. The lowest BCUT2D eigenvalue weighted by Gasteiger charge is -2.14. The monoisotopic (exact) mass is 369 g/mol. The molecule has 0 aliphatic rings. The van der Waals surface area contributed by atoms with Gasteiger partial charge < -0.3 is 25.3 Å². The van der Waals surface area contributed by atoms with Crippen LogP contribution in [0.1, 0.15) is 16.7 Å². The van der Waals surface area contributed by atoms with Crippen LogP contribution in [-0.2, 0) is 24.3 Å². The summed E-state index contributed by atoms with van der Waals surface area (Å²) in [6, 6.07) is 11.7. The molecular weight excluding hydrogens is 342 g/mol. The Bertz CT molecular complexity index is 803. The van der Waals surface area contributed by atoms with Gasteiger partial charge in [-0.05, 0) is 30.2 Å². The van der Waals surface area contributed by atoms with Gasteiger partial charge in [0.25, 0.3) is 0 Å². The van der Waals surface area contributed by atoms with Crippen LogP contribution in [0.4, 0.5) is 5.69 Å². The lowest BCUT2D eigenvalue weighted by Crippen LogP contribution is -2.23. The minimum absolute atomic E-state index is 0.332. The topological polar surface area (TPSA) is 78.1 Å². The van der Waals surface area contributed by atoms with Gasteiger partial charge in [0.2, 0.25) is 0 Å². The first-order chi connectivity index (χ1) is 13.1. The average molecular weight is 369 g/mol. The van der Waals surface area contributed by atoms with Crippen LogP contribution in [0.2, 0.25) is 0 Å². The number of hydrogen-bond donors (Lipinski definition) is 2. The molecule has 0 unspecified atom stereocenters. The third kappa shape index (κ3) is 5.49. The Hall–Kier alpha value is -2.99. The number of aliphatic imine (C=N–C) groups is 1. The zero-order valence-corrected chi connectivity index (χ0v) is 16.1. The number of nitrogens with two attached hydrogens (primary N) is 1. The number of hydrogen-bond acceptors (Lipinski definition) is 4. The van der Waals surface area contributed by atoms with Gasteiger partial charge in [0.05, 0.1) is 27.4 Å². The normalized spacial score (nSPS) is 11.1. The number of ether oxygens (including phenoxy) is 3. The molecule has 0 radical (unpaired) electrons. The number of nitrogens with zero attached hydrogens (tertiary/aromatic N) is 1. The van der Waals surface area contributed by atoms with Crippen LogP contribution in [0.3, 0.4) is 0 Å². The summed E-state index contributed by atoms with van der Waals surface area (Å²) in [4.78, 5) is 4.44. The summed E-state index contributed by atoms with van der Waals surface area (Å²) in [6.45, 7) is 4.71. The van der Waals surface area contributed by atoms with E-state index in [1.165, 1.54) is 0 Å². The Morgan fingerprint density at radius 3 is 2.59 bits per heavy atom. The molecule has 3 N–H and O–H groups in total. The number of nitrogens with one attached hydrogen (secondary N) is 1. The predicted molar refractivity (Wildman–Crippen MR) is 110 cm³/mol. The van der Waals surface area contributed by atoms with E-state index in [4.69, 9.17) is 19.9 Å². The van der Waals surface area contributed by atoms with Crippen molar-refractivity contribution in [3.8, 4) is 11.5 Å². The Labute approximate surface area is 160 Å². The van der Waals surface area contributed by atoms with Gasteiger partial charge >= 0.3 is 0 Å². The van der Waals surface area contributed by atoms with Crippen molar-refractivity contribution in [2.45, 2.75) is 19.6 Å². The first-order valence-corrected chi connectivity index (χ1v) is 8.61. The van der Waals surface area contributed by atoms with E-state index in [-0.39, 0.29) is 0 Å². The van der Waals surface area contributed by atoms with E-state index >= 15 is 0 Å². The molecule has 144 valence electrons. The van der Waals surface area contributed by atoms with E-state index in [2.05, 4.69) is 16.9 Å². The fourth-order valence-electron chi connectivity index (χ4n) is 2.78. The van der Waals surface area contributed by atoms with Crippen molar-refractivity contribution in [2.75, 3.05) is 26.6 Å². The second-order valence-electron chi connectivity index (χ2n) is 5.90. The maximum absolute atomic E-state index is 6.07. The molecule has 0 saturated heterocycles. The number of para-hydroxylation sites is 1. The first-order valence-electron chi connectivity index (χ1n) is 8.61. The van der Waals surface area contributed by atoms with Crippen LogP contribution in [-0.4, -0.2) is 27.3 Å². The van der Waals surface area contributed by atoms with Crippen LogP contribution in [0, 0.1) is 0 Å². The van der Waals surface area contributed by atoms with Gasteiger partial charge in [-0.3, -0.25) is 0 Å². The van der Waals surface area contributed by atoms with Crippen molar-refractivity contribution in [3.63, 3.8) is 0 Å². The van der Waals surface area contributed by atoms with E-state index in [9.17, 15) is 0 Å². The standard InChI is InChI=1S/C21H27N3O3/c1-5-8-16-11-15(12-19(26-3)20(16)27-4)13-23-21(22)24-18-10-7-6-9-17(18)14-25-2/h5-7,9-12H,1,8,13-14H2,2-4H3,(H3,22,23,24). The summed E-state index contributed by atoms with van der Waals surface area (Å²) in [5.74, 6) is 1.71. The number of anilines is 1. The summed E-state index contributed by atoms with van der Waals surface area (Å²) in [7, 11) is 4.90. The van der Waals surface area contributed by atoms with E-state index in [0.29, 0.717) is 37.0 Å². The van der Waals surface area contributed by atoms with Gasteiger partial charge in [-0.15, -0.1) is 6.58 Å². The van der Waals surface area contributed by atoms with Gasteiger partial charge in [0.1, 0.15) is 0 Å². The van der Waals surface area contributed by atoms with Crippen molar-refractivity contribution < 1.29 is 14.2 Å². The lowest BCUT2D eigenvalue weighted by atomic mass is 10.1. The minimum atomic E-state index is 0.332. The molecule has 27 heavy (non-hydrogen) atoms. The largest absolute Gasteiger partial charge is 0.493 e. The van der Waals surface area contributed by atoms with Gasteiger partial charge in [-0.2, -0.15) is 0 Å². The Balaban J connectivity index is 2.19. The highest BCUT2D eigenvalue weighted by atomic mass is 16.5. The van der Waals surface area contributed by atoms with Gasteiger partial charge in [-0.25, -0.2) is 4.99 Å². The molecule has 0 aliphatic heterocycles. The molecule has 0 heterocycles. The van der Waals surface area contributed by atoms with Crippen molar-refractivity contribution in [1.82, 2.24) is 0 Å². The second kappa shape index (κ2) is 10.2. The number of benzene rings is 2. The van der Waals surface area contributed by atoms with E-state index in [1.807, 2.05) is 42.5 Å². The number of allylic oxidation sites excluding steroid dienone is 1. The molecule has 0 saturated carbocycles. The molecule has 0 spiro atoms.